The normalized spacial score (nSPS) is 13.1. The first-order valence-corrected chi connectivity index (χ1v) is 13.9. The van der Waals surface area contributed by atoms with Crippen molar-refractivity contribution in [2.75, 3.05) is 0 Å². The number of hydrogen-bond acceptors (Lipinski definition) is 3. The molecule has 0 bridgehead atoms. The number of aryl methyl sites for hydroxylation is 3. The number of nitrogens with zero attached hydrogens (tertiary/aromatic N) is 3. The van der Waals surface area contributed by atoms with E-state index >= 15 is 0 Å². The average Bonchev–Trinajstić information content (AvgIpc) is 3.62. The van der Waals surface area contributed by atoms with E-state index in [0.717, 1.165) is 58.4 Å². The van der Waals surface area contributed by atoms with Crippen LogP contribution in [0.2, 0.25) is 0 Å². The minimum absolute atomic E-state index is 0.330. The van der Waals surface area contributed by atoms with E-state index in [0.29, 0.717) is 5.92 Å². The Morgan fingerprint density at radius 2 is 1.62 bits per heavy atom. The van der Waals surface area contributed by atoms with E-state index in [-0.39, 0.29) is 0 Å². The topological polar surface area (TPSA) is 70.2 Å². The van der Waals surface area contributed by atoms with E-state index in [4.69, 9.17) is 9.97 Å². The lowest BCUT2D eigenvalue weighted by Gasteiger charge is -2.21. The first kappa shape index (κ1) is 22.5. The predicted molar refractivity (Wildman–Crippen MR) is 160 cm³/mol. The summed E-state index contributed by atoms with van der Waals surface area (Å²) in [6.07, 6.45) is 6.80. The summed E-state index contributed by atoms with van der Waals surface area (Å²) >= 11 is 0. The molecule has 0 fully saturated rings. The second-order valence-electron chi connectivity index (χ2n) is 11.1. The van der Waals surface area contributed by atoms with Crippen LogP contribution in [0.5, 0.6) is 0 Å². The molecule has 8 rings (SSSR count). The zero-order valence-electron chi connectivity index (χ0n) is 22.4. The Morgan fingerprint density at radius 1 is 0.769 bits per heavy atom. The first-order chi connectivity index (χ1) is 19.1. The maximum absolute atomic E-state index is 4.96. The fraction of sp³-hybridized carbons (Fsp3) is 0.206. The second kappa shape index (κ2) is 8.24. The first-order valence-electron chi connectivity index (χ1n) is 13.9. The number of benzene rings is 4. The van der Waals surface area contributed by atoms with Gasteiger partial charge in [-0.3, -0.25) is 4.98 Å². The summed E-state index contributed by atoms with van der Waals surface area (Å²) in [6.45, 7) is 6.49. The SMILES string of the molecule is CCc1nc2c3c(ccc2[nH]1)-c1ccc(-c2ccc4c(c2)c2ccncc2c2nc(C(C)C)[nH]c42)cc1CC3. The second-order valence-corrected chi connectivity index (χ2v) is 11.1. The van der Waals surface area contributed by atoms with Crippen molar-refractivity contribution in [1.29, 1.82) is 0 Å². The summed E-state index contributed by atoms with van der Waals surface area (Å²) in [5.41, 5.74) is 12.3. The Balaban J connectivity index is 1.28. The van der Waals surface area contributed by atoms with E-state index in [1.54, 1.807) is 0 Å². The average molecular weight is 508 g/mol. The standard InChI is InChI=1S/C34H29N5/c1-4-30-36-29-12-11-23-22-8-5-19(15-21(22)7-10-25(23)31(29)37-30)20-6-9-26-27(16-20)24-13-14-35-17-28(24)33-32(26)38-34(39-33)18(2)3/h5-6,8-9,11-18H,4,7,10H2,1-3H3,(H,36,37)(H,38,39). The van der Waals surface area contributed by atoms with Gasteiger partial charge >= 0.3 is 0 Å². The van der Waals surface area contributed by atoms with Crippen LogP contribution in [0, 0.1) is 0 Å². The van der Waals surface area contributed by atoms with Gasteiger partial charge < -0.3 is 9.97 Å². The van der Waals surface area contributed by atoms with Gasteiger partial charge in [-0.1, -0.05) is 57.2 Å². The van der Waals surface area contributed by atoms with Crippen molar-refractivity contribution in [2.45, 2.75) is 46.0 Å². The largest absolute Gasteiger partial charge is 0.342 e. The fourth-order valence-electron chi connectivity index (χ4n) is 6.40. The van der Waals surface area contributed by atoms with Crippen molar-refractivity contribution in [3.63, 3.8) is 0 Å². The maximum Gasteiger partial charge on any atom is 0.109 e. The minimum atomic E-state index is 0.330. The van der Waals surface area contributed by atoms with Crippen molar-refractivity contribution in [3.05, 3.63) is 89.8 Å². The van der Waals surface area contributed by atoms with Gasteiger partial charge in [0.25, 0.3) is 0 Å². The van der Waals surface area contributed by atoms with Gasteiger partial charge in [-0.05, 0) is 75.2 Å². The molecule has 0 saturated carbocycles. The summed E-state index contributed by atoms with van der Waals surface area (Å²) in [7, 11) is 0. The zero-order valence-corrected chi connectivity index (χ0v) is 22.4. The molecule has 5 nitrogen and oxygen atoms in total. The monoisotopic (exact) mass is 507 g/mol. The third-order valence-corrected chi connectivity index (χ3v) is 8.44. The number of aromatic amines is 2. The van der Waals surface area contributed by atoms with Crippen LogP contribution >= 0.6 is 0 Å². The molecule has 0 spiro atoms. The molecule has 0 aliphatic heterocycles. The molecular weight excluding hydrogens is 478 g/mol. The lowest BCUT2D eigenvalue weighted by molar-refractivity contribution is 0.799. The van der Waals surface area contributed by atoms with E-state index in [2.05, 4.69) is 90.3 Å². The van der Waals surface area contributed by atoms with Crippen LogP contribution in [0.4, 0.5) is 0 Å². The number of fused-ring (bicyclic) bond motifs is 11. The van der Waals surface area contributed by atoms with Gasteiger partial charge in [0.05, 0.1) is 22.1 Å². The summed E-state index contributed by atoms with van der Waals surface area (Å²) in [4.78, 5) is 21.4. The number of nitrogens with one attached hydrogen (secondary N) is 2. The highest BCUT2D eigenvalue weighted by atomic mass is 14.9. The van der Waals surface area contributed by atoms with Crippen molar-refractivity contribution in [1.82, 2.24) is 24.9 Å². The molecular formula is C34H29N5. The molecule has 3 heterocycles. The third-order valence-electron chi connectivity index (χ3n) is 8.44. The molecule has 0 saturated heterocycles. The molecule has 4 aromatic carbocycles. The van der Waals surface area contributed by atoms with Gasteiger partial charge in [0.15, 0.2) is 0 Å². The van der Waals surface area contributed by atoms with E-state index in [1.165, 1.54) is 49.5 Å². The van der Waals surface area contributed by atoms with E-state index in [9.17, 15) is 0 Å². The minimum Gasteiger partial charge on any atom is -0.342 e. The van der Waals surface area contributed by atoms with Gasteiger partial charge in [-0.2, -0.15) is 0 Å². The van der Waals surface area contributed by atoms with Crippen LogP contribution in [0.3, 0.4) is 0 Å². The molecule has 0 radical (unpaired) electrons. The van der Waals surface area contributed by atoms with Crippen LogP contribution in [0.25, 0.3) is 65.9 Å². The maximum atomic E-state index is 4.96. The van der Waals surface area contributed by atoms with Crippen LogP contribution in [0.15, 0.2) is 67.0 Å². The van der Waals surface area contributed by atoms with Gasteiger partial charge in [0.2, 0.25) is 0 Å². The van der Waals surface area contributed by atoms with E-state index < -0.39 is 0 Å². The molecule has 7 aromatic rings. The van der Waals surface area contributed by atoms with Crippen LogP contribution in [-0.4, -0.2) is 24.9 Å². The summed E-state index contributed by atoms with van der Waals surface area (Å²) in [5, 5.41) is 4.72. The number of aromatic nitrogens is 5. The number of rotatable bonds is 3. The Kier molecular flexibility index (Phi) is 4.75. The van der Waals surface area contributed by atoms with Crippen molar-refractivity contribution in [2.24, 2.45) is 0 Å². The van der Waals surface area contributed by atoms with Crippen molar-refractivity contribution in [3.8, 4) is 22.3 Å². The predicted octanol–water partition coefficient (Wildman–Crippen LogP) is 8.26. The molecule has 1 aliphatic carbocycles. The Hall–Kier alpha value is -4.51. The number of hydrogen-bond donors (Lipinski definition) is 2. The molecule has 39 heavy (non-hydrogen) atoms. The number of imidazole rings is 2. The van der Waals surface area contributed by atoms with Crippen LogP contribution < -0.4 is 0 Å². The summed E-state index contributed by atoms with van der Waals surface area (Å²) < 4.78 is 0. The molecule has 5 heteroatoms. The molecule has 0 unspecified atom stereocenters. The highest BCUT2D eigenvalue weighted by molar-refractivity contribution is 6.23. The lowest BCUT2D eigenvalue weighted by Crippen LogP contribution is -2.05. The summed E-state index contributed by atoms with van der Waals surface area (Å²) in [6, 6.07) is 20.4. The lowest BCUT2D eigenvalue weighted by atomic mass is 9.83. The molecule has 0 atom stereocenters. The van der Waals surface area contributed by atoms with Crippen LogP contribution in [-0.2, 0) is 19.3 Å². The molecule has 3 aromatic heterocycles. The van der Waals surface area contributed by atoms with E-state index in [1.807, 2.05) is 12.4 Å². The molecule has 1 aliphatic rings. The fourth-order valence-corrected chi connectivity index (χ4v) is 6.40. The van der Waals surface area contributed by atoms with Gasteiger partial charge in [-0.25, -0.2) is 9.97 Å². The summed E-state index contributed by atoms with van der Waals surface area (Å²) in [5.74, 6) is 2.41. The smallest absolute Gasteiger partial charge is 0.109 e. The highest BCUT2D eigenvalue weighted by Crippen LogP contribution is 2.40. The van der Waals surface area contributed by atoms with Crippen molar-refractivity contribution < 1.29 is 0 Å². The Labute approximate surface area is 226 Å². The number of pyridine rings is 1. The van der Waals surface area contributed by atoms with Gasteiger partial charge in [0, 0.05) is 35.5 Å². The van der Waals surface area contributed by atoms with Gasteiger partial charge in [-0.15, -0.1) is 0 Å². The molecule has 0 amide bonds. The van der Waals surface area contributed by atoms with Crippen LogP contribution in [0.1, 0.15) is 49.5 Å². The van der Waals surface area contributed by atoms with Crippen molar-refractivity contribution >= 4 is 43.6 Å². The molecule has 190 valence electrons. The zero-order chi connectivity index (χ0) is 26.2. The quantitative estimate of drug-likeness (QED) is 0.237. The number of H-pyrrole nitrogens is 2. The molecule has 2 N–H and O–H groups in total. The van der Waals surface area contributed by atoms with Gasteiger partial charge in [0.1, 0.15) is 11.6 Å². The Morgan fingerprint density at radius 3 is 2.49 bits per heavy atom. The Bertz CT molecular complexity index is 2090. The third kappa shape index (κ3) is 3.29. The highest BCUT2D eigenvalue weighted by Gasteiger charge is 2.21.